The number of rotatable bonds is 4. The summed E-state index contributed by atoms with van der Waals surface area (Å²) in [5.41, 5.74) is 0.196. The van der Waals surface area contributed by atoms with E-state index in [-0.39, 0.29) is 41.5 Å². The van der Waals surface area contributed by atoms with E-state index in [1.165, 1.54) is 52.8 Å². The molecule has 0 aliphatic carbocycles. The van der Waals surface area contributed by atoms with Crippen molar-refractivity contribution in [2.75, 3.05) is 13.1 Å². The van der Waals surface area contributed by atoms with Gasteiger partial charge in [0, 0.05) is 13.1 Å². The van der Waals surface area contributed by atoms with Gasteiger partial charge in [-0.15, -0.1) is 0 Å². The predicted octanol–water partition coefficient (Wildman–Crippen LogP) is 2.84. The third-order valence-corrected chi connectivity index (χ3v) is 5.98. The van der Waals surface area contributed by atoms with Gasteiger partial charge in [0.05, 0.1) is 22.7 Å². The molecule has 0 aromatic heterocycles. The fourth-order valence-electron chi connectivity index (χ4n) is 2.91. The lowest BCUT2D eigenvalue weighted by atomic mass is 10.2. The molecule has 27 heavy (non-hydrogen) atoms. The van der Waals surface area contributed by atoms with Gasteiger partial charge in [0.2, 0.25) is 10.0 Å². The molecule has 2 aromatic carbocycles. The van der Waals surface area contributed by atoms with Gasteiger partial charge in [-0.25, -0.2) is 17.6 Å². The number of nitrogens with zero attached hydrogens (tertiary/aromatic N) is 1. The summed E-state index contributed by atoms with van der Waals surface area (Å²) in [7, 11) is -3.67. The van der Waals surface area contributed by atoms with E-state index in [2.05, 4.69) is 0 Å². The molecule has 0 bridgehead atoms. The van der Waals surface area contributed by atoms with Crippen LogP contribution >= 0.6 is 0 Å². The number of sulfonamides is 1. The molecular weight excluding hydrogens is 373 g/mol. The van der Waals surface area contributed by atoms with Crippen molar-refractivity contribution in [2.24, 2.45) is 0 Å². The summed E-state index contributed by atoms with van der Waals surface area (Å²) in [6, 6.07) is 10.6. The molecule has 0 amide bonds. The Labute approximate surface area is 157 Å². The zero-order valence-electron chi connectivity index (χ0n) is 15.0. The Bertz CT molecular complexity index is 902. The van der Waals surface area contributed by atoms with Crippen molar-refractivity contribution in [1.29, 1.82) is 0 Å². The first-order chi connectivity index (χ1) is 12.8. The molecule has 0 spiro atoms. The number of carbonyl (C=O) groups is 1. The fourth-order valence-corrected chi connectivity index (χ4v) is 4.50. The molecule has 1 saturated heterocycles. The molecule has 1 heterocycles. The zero-order valence-corrected chi connectivity index (χ0v) is 15.8. The average molecular weight is 393 g/mol. The zero-order chi connectivity index (χ0) is 19.6. The highest BCUT2D eigenvalue weighted by Crippen LogP contribution is 2.22. The number of carbonyl (C=O) groups excluding carboxylic acids is 1. The number of ether oxygens (including phenoxy) is 2. The third kappa shape index (κ3) is 4.52. The topological polar surface area (TPSA) is 72.9 Å². The Morgan fingerprint density at radius 2 is 1.59 bits per heavy atom. The van der Waals surface area contributed by atoms with Crippen LogP contribution in [0, 0.1) is 5.82 Å². The van der Waals surface area contributed by atoms with Gasteiger partial charge in [-0.2, -0.15) is 4.31 Å². The van der Waals surface area contributed by atoms with Crippen LogP contribution in [0.5, 0.6) is 5.75 Å². The minimum Gasteiger partial charge on any atom is -0.423 e. The Kier molecular flexibility index (Phi) is 5.59. The van der Waals surface area contributed by atoms with Crippen molar-refractivity contribution in [3.63, 3.8) is 0 Å². The van der Waals surface area contributed by atoms with Gasteiger partial charge >= 0.3 is 5.97 Å². The first-order valence-electron chi connectivity index (χ1n) is 8.49. The van der Waals surface area contributed by atoms with Crippen LogP contribution in [0.1, 0.15) is 24.2 Å². The van der Waals surface area contributed by atoms with E-state index in [1.54, 1.807) is 0 Å². The first-order valence-corrected chi connectivity index (χ1v) is 9.93. The average Bonchev–Trinajstić information content (AvgIpc) is 2.63. The van der Waals surface area contributed by atoms with Gasteiger partial charge in [0.25, 0.3) is 0 Å². The number of hydrogen-bond acceptors (Lipinski definition) is 5. The molecule has 0 N–H and O–H groups in total. The standard InChI is InChI=1S/C19H20FNO5S/c1-13-11-21(12-14(2)25-13)27(23,24)18-9-3-15(4-10-18)19(22)26-17-7-5-16(20)6-8-17/h3-10,13-14H,11-12H2,1-2H3/t13-,14-/m0/s1. The highest BCUT2D eigenvalue weighted by atomic mass is 32.2. The van der Waals surface area contributed by atoms with Gasteiger partial charge in [-0.3, -0.25) is 0 Å². The number of hydrogen-bond donors (Lipinski definition) is 0. The molecule has 144 valence electrons. The number of halogens is 1. The molecule has 2 atom stereocenters. The maximum Gasteiger partial charge on any atom is 0.343 e. The summed E-state index contributed by atoms with van der Waals surface area (Å²) < 4.78 is 50.6. The van der Waals surface area contributed by atoms with E-state index in [1.807, 2.05) is 13.8 Å². The molecular formula is C19H20FNO5S. The van der Waals surface area contributed by atoms with E-state index in [4.69, 9.17) is 9.47 Å². The Hall–Kier alpha value is -2.29. The molecule has 3 rings (SSSR count). The Balaban J connectivity index is 1.74. The second-order valence-electron chi connectivity index (χ2n) is 6.45. The maximum atomic E-state index is 12.9. The molecule has 0 saturated carbocycles. The van der Waals surface area contributed by atoms with E-state index >= 15 is 0 Å². The SMILES string of the molecule is C[C@H]1CN(S(=O)(=O)c2ccc(C(=O)Oc3ccc(F)cc3)cc2)C[C@H](C)O1. The van der Waals surface area contributed by atoms with Crippen molar-refractivity contribution in [3.05, 3.63) is 59.9 Å². The summed E-state index contributed by atoms with van der Waals surface area (Å²) in [5, 5.41) is 0. The molecule has 1 aliphatic heterocycles. The normalized spacial score (nSPS) is 21.0. The van der Waals surface area contributed by atoms with Crippen LogP contribution in [-0.2, 0) is 14.8 Å². The van der Waals surface area contributed by atoms with Crippen molar-refractivity contribution >= 4 is 16.0 Å². The monoisotopic (exact) mass is 393 g/mol. The summed E-state index contributed by atoms with van der Waals surface area (Å²) in [4.78, 5) is 12.3. The van der Waals surface area contributed by atoms with Crippen LogP contribution < -0.4 is 4.74 Å². The molecule has 6 nitrogen and oxygen atoms in total. The number of morpholine rings is 1. The van der Waals surface area contributed by atoms with Crippen molar-refractivity contribution in [3.8, 4) is 5.75 Å². The molecule has 1 fully saturated rings. The second-order valence-corrected chi connectivity index (χ2v) is 8.39. The van der Waals surface area contributed by atoms with Crippen LogP contribution in [0.15, 0.2) is 53.4 Å². The van der Waals surface area contributed by atoms with Crippen LogP contribution in [0.3, 0.4) is 0 Å². The van der Waals surface area contributed by atoms with E-state index < -0.39 is 21.8 Å². The Morgan fingerprint density at radius 3 is 2.15 bits per heavy atom. The second kappa shape index (κ2) is 7.75. The quantitative estimate of drug-likeness (QED) is 0.590. The van der Waals surface area contributed by atoms with E-state index in [9.17, 15) is 17.6 Å². The number of esters is 1. The lowest BCUT2D eigenvalue weighted by molar-refractivity contribution is -0.0440. The minimum absolute atomic E-state index is 0.0992. The number of benzene rings is 2. The Morgan fingerprint density at radius 1 is 1.04 bits per heavy atom. The summed E-state index contributed by atoms with van der Waals surface area (Å²) in [6.07, 6.45) is -0.373. The molecule has 0 radical (unpaired) electrons. The van der Waals surface area contributed by atoms with Crippen LogP contribution in [0.2, 0.25) is 0 Å². The van der Waals surface area contributed by atoms with E-state index in [0.717, 1.165) is 0 Å². The largest absolute Gasteiger partial charge is 0.423 e. The van der Waals surface area contributed by atoms with Gasteiger partial charge in [0.15, 0.2) is 0 Å². The fraction of sp³-hybridized carbons (Fsp3) is 0.316. The van der Waals surface area contributed by atoms with E-state index in [0.29, 0.717) is 0 Å². The summed E-state index contributed by atoms with van der Waals surface area (Å²) in [6.45, 7) is 4.21. The van der Waals surface area contributed by atoms with Gasteiger partial charge < -0.3 is 9.47 Å². The summed E-state index contributed by atoms with van der Waals surface area (Å²) in [5.74, 6) is -0.885. The molecule has 1 aliphatic rings. The lowest BCUT2D eigenvalue weighted by Gasteiger charge is -2.34. The van der Waals surface area contributed by atoms with Gasteiger partial charge in [0.1, 0.15) is 11.6 Å². The van der Waals surface area contributed by atoms with Crippen LogP contribution in [-0.4, -0.2) is 44.0 Å². The minimum atomic E-state index is -3.67. The predicted molar refractivity (Wildman–Crippen MR) is 96.6 cm³/mol. The van der Waals surface area contributed by atoms with Crippen molar-refractivity contribution < 1.29 is 27.1 Å². The van der Waals surface area contributed by atoms with Crippen molar-refractivity contribution in [2.45, 2.75) is 31.0 Å². The highest BCUT2D eigenvalue weighted by molar-refractivity contribution is 7.89. The third-order valence-electron chi connectivity index (χ3n) is 4.14. The highest BCUT2D eigenvalue weighted by Gasteiger charge is 2.32. The molecule has 2 aromatic rings. The summed E-state index contributed by atoms with van der Waals surface area (Å²) >= 11 is 0. The maximum absolute atomic E-state index is 12.9. The van der Waals surface area contributed by atoms with Gasteiger partial charge in [-0.1, -0.05) is 0 Å². The lowest BCUT2D eigenvalue weighted by Crippen LogP contribution is -2.48. The van der Waals surface area contributed by atoms with Crippen LogP contribution in [0.25, 0.3) is 0 Å². The molecule has 0 unspecified atom stereocenters. The van der Waals surface area contributed by atoms with Crippen LogP contribution in [0.4, 0.5) is 4.39 Å². The smallest absolute Gasteiger partial charge is 0.343 e. The van der Waals surface area contributed by atoms with Crippen molar-refractivity contribution in [1.82, 2.24) is 4.31 Å². The van der Waals surface area contributed by atoms with Gasteiger partial charge in [-0.05, 0) is 62.4 Å². The molecule has 8 heteroatoms. The first kappa shape index (κ1) is 19.5.